The molecule has 0 aliphatic heterocycles. The third kappa shape index (κ3) is 4.20. The first-order chi connectivity index (χ1) is 16.0. The Hall–Kier alpha value is -4.06. The average molecular weight is 443 g/mol. The van der Waals surface area contributed by atoms with Crippen LogP contribution in [0.2, 0.25) is 0 Å². The zero-order valence-corrected chi connectivity index (χ0v) is 19.4. The molecule has 0 unspecified atom stereocenters. The van der Waals surface area contributed by atoms with Crippen LogP contribution in [0.3, 0.4) is 0 Å². The van der Waals surface area contributed by atoms with E-state index in [4.69, 9.17) is 19.2 Å². The van der Waals surface area contributed by atoms with Crippen molar-refractivity contribution < 1.29 is 19.0 Å². The van der Waals surface area contributed by atoms with Gasteiger partial charge in [0.15, 0.2) is 11.5 Å². The van der Waals surface area contributed by atoms with Gasteiger partial charge in [0.05, 0.1) is 38.1 Å². The molecule has 0 fully saturated rings. The number of anilines is 1. The normalized spacial score (nSPS) is 10.7. The number of carbonyl (C=O) groups excluding carboxylic acids is 1. The molecule has 4 rings (SSSR count). The van der Waals surface area contributed by atoms with E-state index >= 15 is 0 Å². The van der Waals surface area contributed by atoms with E-state index in [-0.39, 0.29) is 5.91 Å². The third-order valence-corrected chi connectivity index (χ3v) is 5.64. The average Bonchev–Trinajstić information content (AvgIpc) is 2.84. The van der Waals surface area contributed by atoms with Gasteiger partial charge in [-0.1, -0.05) is 36.4 Å². The summed E-state index contributed by atoms with van der Waals surface area (Å²) in [4.78, 5) is 18.3. The molecule has 0 saturated heterocycles. The standard InChI is InChI=1S/C27H26N2O4/c1-16-9-8-10-17(2)25(16)29-27(30)20-15-22(28-21-12-7-6-11-19(20)21)18-13-23(31-3)26(33-5)24(14-18)32-4/h6-15H,1-5H3,(H,29,30). The number of hydrogen-bond acceptors (Lipinski definition) is 5. The number of carbonyl (C=O) groups is 1. The predicted octanol–water partition coefficient (Wildman–Crippen LogP) is 5.80. The van der Waals surface area contributed by atoms with Gasteiger partial charge in [-0.3, -0.25) is 4.79 Å². The molecular formula is C27H26N2O4. The van der Waals surface area contributed by atoms with Crippen molar-refractivity contribution in [3.05, 3.63) is 77.4 Å². The lowest BCUT2D eigenvalue weighted by atomic mass is 10.0. The van der Waals surface area contributed by atoms with Crippen LogP contribution in [0.5, 0.6) is 17.2 Å². The number of ether oxygens (including phenoxy) is 3. The summed E-state index contributed by atoms with van der Waals surface area (Å²) < 4.78 is 16.4. The molecule has 1 N–H and O–H groups in total. The molecule has 0 saturated carbocycles. The van der Waals surface area contributed by atoms with Crippen LogP contribution < -0.4 is 19.5 Å². The van der Waals surface area contributed by atoms with Crippen LogP contribution in [0.25, 0.3) is 22.2 Å². The van der Waals surface area contributed by atoms with Crippen LogP contribution >= 0.6 is 0 Å². The van der Waals surface area contributed by atoms with E-state index in [1.807, 2.05) is 68.4 Å². The molecule has 0 bridgehead atoms. The number of amides is 1. The molecule has 1 amide bonds. The van der Waals surface area contributed by atoms with Gasteiger partial charge >= 0.3 is 0 Å². The van der Waals surface area contributed by atoms with Gasteiger partial charge in [-0.2, -0.15) is 0 Å². The molecule has 0 aliphatic rings. The van der Waals surface area contributed by atoms with E-state index in [1.54, 1.807) is 27.4 Å². The summed E-state index contributed by atoms with van der Waals surface area (Å²) in [6.07, 6.45) is 0. The zero-order chi connectivity index (χ0) is 23.5. The molecule has 0 spiro atoms. The topological polar surface area (TPSA) is 69.7 Å². The number of rotatable bonds is 6. The van der Waals surface area contributed by atoms with Crippen LogP contribution in [-0.2, 0) is 0 Å². The van der Waals surface area contributed by atoms with E-state index in [0.717, 1.165) is 33.3 Å². The first-order valence-electron chi connectivity index (χ1n) is 10.5. The second kappa shape index (κ2) is 9.20. The molecule has 0 radical (unpaired) electrons. The molecule has 1 heterocycles. The minimum Gasteiger partial charge on any atom is -0.493 e. The van der Waals surface area contributed by atoms with E-state index < -0.39 is 0 Å². The number of methoxy groups -OCH3 is 3. The lowest BCUT2D eigenvalue weighted by molar-refractivity contribution is 0.102. The van der Waals surface area contributed by atoms with E-state index in [0.29, 0.717) is 28.5 Å². The monoisotopic (exact) mass is 442 g/mol. The number of para-hydroxylation sites is 2. The van der Waals surface area contributed by atoms with E-state index in [9.17, 15) is 4.79 Å². The van der Waals surface area contributed by atoms with Gasteiger partial charge in [0.2, 0.25) is 5.75 Å². The third-order valence-electron chi connectivity index (χ3n) is 5.64. The smallest absolute Gasteiger partial charge is 0.256 e. The predicted molar refractivity (Wildman–Crippen MR) is 131 cm³/mol. The minimum absolute atomic E-state index is 0.195. The Morgan fingerprint density at radius 2 is 1.45 bits per heavy atom. The second-order valence-electron chi connectivity index (χ2n) is 7.71. The van der Waals surface area contributed by atoms with Gasteiger partial charge in [0.1, 0.15) is 0 Å². The fourth-order valence-electron chi connectivity index (χ4n) is 3.93. The zero-order valence-electron chi connectivity index (χ0n) is 19.4. The maximum Gasteiger partial charge on any atom is 0.256 e. The summed E-state index contributed by atoms with van der Waals surface area (Å²) in [5.41, 5.74) is 5.45. The lowest BCUT2D eigenvalue weighted by Crippen LogP contribution is -2.15. The molecule has 1 aromatic heterocycles. The Morgan fingerprint density at radius 1 is 0.818 bits per heavy atom. The number of nitrogens with zero attached hydrogens (tertiary/aromatic N) is 1. The van der Waals surface area contributed by atoms with Crippen LogP contribution in [0.4, 0.5) is 5.69 Å². The van der Waals surface area contributed by atoms with Gasteiger partial charge in [0, 0.05) is 16.6 Å². The van der Waals surface area contributed by atoms with Gasteiger partial charge in [-0.05, 0) is 49.2 Å². The molecule has 4 aromatic rings. The number of nitrogens with one attached hydrogen (secondary N) is 1. The fourth-order valence-corrected chi connectivity index (χ4v) is 3.93. The summed E-state index contributed by atoms with van der Waals surface area (Å²) in [5.74, 6) is 1.34. The van der Waals surface area contributed by atoms with Crippen LogP contribution in [-0.4, -0.2) is 32.2 Å². The number of hydrogen-bond donors (Lipinski definition) is 1. The second-order valence-corrected chi connectivity index (χ2v) is 7.71. The largest absolute Gasteiger partial charge is 0.493 e. The SMILES string of the molecule is COc1cc(-c2cc(C(=O)Nc3c(C)cccc3C)c3ccccc3n2)cc(OC)c1OC. The summed E-state index contributed by atoms with van der Waals surface area (Å²) in [7, 11) is 4.70. The molecular weight excluding hydrogens is 416 g/mol. The van der Waals surface area contributed by atoms with Crippen molar-refractivity contribution in [3.63, 3.8) is 0 Å². The van der Waals surface area contributed by atoms with Gasteiger partial charge < -0.3 is 19.5 Å². The highest BCUT2D eigenvalue weighted by molar-refractivity contribution is 6.13. The lowest BCUT2D eigenvalue weighted by Gasteiger charge is -2.16. The molecule has 168 valence electrons. The highest BCUT2D eigenvalue weighted by Gasteiger charge is 2.19. The van der Waals surface area contributed by atoms with Crippen molar-refractivity contribution in [3.8, 4) is 28.5 Å². The fraction of sp³-hybridized carbons (Fsp3) is 0.185. The Labute approximate surface area is 193 Å². The maximum absolute atomic E-state index is 13.5. The van der Waals surface area contributed by atoms with Crippen molar-refractivity contribution in [2.24, 2.45) is 0 Å². The number of fused-ring (bicyclic) bond motifs is 1. The Morgan fingerprint density at radius 3 is 2.06 bits per heavy atom. The summed E-state index contributed by atoms with van der Waals surface area (Å²) in [6, 6.07) is 19.0. The van der Waals surface area contributed by atoms with Crippen molar-refractivity contribution in [2.75, 3.05) is 26.6 Å². The van der Waals surface area contributed by atoms with Crippen molar-refractivity contribution >= 4 is 22.5 Å². The summed E-state index contributed by atoms with van der Waals surface area (Å²) in [6.45, 7) is 3.96. The molecule has 6 heteroatoms. The number of pyridine rings is 1. The molecule has 3 aromatic carbocycles. The first kappa shape index (κ1) is 22.1. The number of aromatic nitrogens is 1. The van der Waals surface area contributed by atoms with Gasteiger partial charge in [0.25, 0.3) is 5.91 Å². The molecule has 0 aliphatic carbocycles. The van der Waals surface area contributed by atoms with Crippen LogP contribution in [0.15, 0.2) is 60.7 Å². The van der Waals surface area contributed by atoms with Crippen molar-refractivity contribution in [1.82, 2.24) is 4.98 Å². The van der Waals surface area contributed by atoms with Crippen molar-refractivity contribution in [1.29, 1.82) is 0 Å². The number of aryl methyl sites for hydroxylation is 2. The van der Waals surface area contributed by atoms with E-state index in [2.05, 4.69) is 5.32 Å². The van der Waals surface area contributed by atoms with Gasteiger partial charge in [-0.15, -0.1) is 0 Å². The highest BCUT2D eigenvalue weighted by atomic mass is 16.5. The van der Waals surface area contributed by atoms with Crippen molar-refractivity contribution in [2.45, 2.75) is 13.8 Å². The molecule has 33 heavy (non-hydrogen) atoms. The summed E-state index contributed by atoms with van der Waals surface area (Å²) >= 11 is 0. The Balaban J connectivity index is 1.87. The maximum atomic E-state index is 13.5. The Kier molecular flexibility index (Phi) is 6.18. The van der Waals surface area contributed by atoms with Crippen LogP contribution in [0.1, 0.15) is 21.5 Å². The number of benzene rings is 3. The quantitative estimate of drug-likeness (QED) is 0.409. The van der Waals surface area contributed by atoms with E-state index in [1.165, 1.54) is 0 Å². The minimum atomic E-state index is -0.195. The Bertz CT molecular complexity index is 1300. The van der Waals surface area contributed by atoms with Crippen LogP contribution in [0, 0.1) is 13.8 Å². The molecule has 6 nitrogen and oxygen atoms in total. The first-order valence-corrected chi connectivity index (χ1v) is 10.5. The summed E-state index contributed by atoms with van der Waals surface area (Å²) in [5, 5.41) is 3.87. The molecule has 0 atom stereocenters. The van der Waals surface area contributed by atoms with Gasteiger partial charge in [-0.25, -0.2) is 4.98 Å². The highest BCUT2D eigenvalue weighted by Crippen LogP contribution is 2.41.